The first-order valence-electron chi connectivity index (χ1n) is 13.4. The Labute approximate surface area is 235 Å². The number of fused-ring (bicyclic) bond motifs is 4. The van der Waals surface area contributed by atoms with E-state index in [2.05, 4.69) is 5.32 Å². The number of Topliss-reactive ketones (excluding diaryl/α,β-unsaturated/α-hetero) is 1. The van der Waals surface area contributed by atoms with Crippen molar-refractivity contribution < 1.29 is 53.4 Å². The van der Waals surface area contributed by atoms with Crippen LogP contribution in [-0.2, 0) is 30.2 Å². The van der Waals surface area contributed by atoms with Crippen LogP contribution in [0.25, 0.3) is 0 Å². The van der Waals surface area contributed by atoms with Gasteiger partial charge in [-0.15, -0.1) is 0 Å². The van der Waals surface area contributed by atoms with Crippen LogP contribution in [0.2, 0.25) is 0 Å². The van der Waals surface area contributed by atoms with E-state index >= 15 is 0 Å². The third kappa shape index (κ3) is 4.33. The summed E-state index contributed by atoms with van der Waals surface area (Å²) in [6.45, 7) is 3.40. The number of rotatable bonds is 4. The fraction of sp³-hybridized carbons (Fsp3) is 0.483. The van der Waals surface area contributed by atoms with Gasteiger partial charge in [0.15, 0.2) is 17.9 Å². The van der Waals surface area contributed by atoms with E-state index in [0.717, 1.165) is 0 Å². The minimum atomic E-state index is -1.97. The molecule has 0 aromatic heterocycles. The van der Waals surface area contributed by atoms with Crippen molar-refractivity contribution in [3.05, 3.63) is 51.6 Å². The molecular formula is C29H31NO11. The number of ether oxygens (including phenoxy) is 5. The maximum Gasteiger partial charge on any atom is 0.202 e. The molecule has 12 heteroatoms. The Morgan fingerprint density at radius 1 is 1.12 bits per heavy atom. The lowest BCUT2D eigenvalue weighted by Crippen LogP contribution is -2.54. The zero-order valence-electron chi connectivity index (χ0n) is 22.8. The van der Waals surface area contributed by atoms with Crippen molar-refractivity contribution in [2.45, 2.75) is 69.4 Å². The van der Waals surface area contributed by atoms with Crippen LogP contribution in [0.3, 0.4) is 0 Å². The standard InChI is InChI=1S/C29H31NO11/c1-12-28-16(30-10-38-11-39-28)7-19(40-12)41-18-9-29(36,13(2)31)8-15-21(18)27(35)23-22(25(15)33)24(32)14-5-4-6-17(37-3)20(14)26(23)34/h4-6,12,16,18-19,28,30,33,35-36H,7-11H2,1-3H3. The Morgan fingerprint density at radius 3 is 2.61 bits per heavy atom. The molecule has 2 heterocycles. The van der Waals surface area contributed by atoms with E-state index in [-0.39, 0.29) is 65.7 Å². The van der Waals surface area contributed by atoms with Gasteiger partial charge in [-0.25, -0.2) is 0 Å². The summed E-state index contributed by atoms with van der Waals surface area (Å²) in [5.41, 5.74) is -2.83. The molecule has 6 atom stereocenters. The number of carbonyl (C=O) groups excluding carboxylic acids is 3. The quantitative estimate of drug-likeness (QED) is 0.336. The van der Waals surface area contributed by atoms with E-state index in [1.807, 2.05) is 6.92 Å². The monoisotopic (exact) mass is 569 g/mol. The van der Waals surface area contributed by atoms with Crippen molar-refractivity contribution in [2.75, 3.05) is 20.6 Å². The number of carbonyl (C=O) groups is 3. The van der Waals surface area contributed by atoms with Crippen molar-refractivity contribution in [3.8, 4) is 17.2 Å². The topological polar surface area (TPSA) is 170 Å². The largest absolute Gasteiger partial charge is 0.507 e. The Morgan fingerprint density at radius 2 is 1.88 bits per heavy atom. The van der Waals surface area contributed by atoms with Gasteiger partial charge in [-0.1, -0.05) is 12.1 Å². The molecule has 0 bridgehead atoms. The number of benzene rings is 2. The molecule has 2 aromatic rings. The summed E-state index contributed by atoms with van der Waals surface area (Å²) >= 11 is 0. The van der Waals surface area contributed by atoms with E-state index in [1.54, 1.807) is 0 Å². The summed E-state index contributed by atoms with van der Waals surface area (Å²) in [7, 11) is 1.36. The molecule has 4 aliphatic rings. The minimum Gasteiger partial charge on any atom is -0.507 e. The second kappa shape index (κ2) is 10.2. The van der Waals surface area contributed by atoms with Crippen molar-refractivity contribution >= 4 is 17.3 Å². The predicted molar refractivity (Wildman–Crippen MR) is 139 cm³/mol. The van der Waals surface area contributed by atoms with Gasteiger partial charge in [-0.3, -0.25) is 19.7 Å². The Bertz CT molecular complexity index is 1450. The molecule has 0 amide bonds. The third-order valence-electron chi connectivity index (χ3n) is 8.51. The highest BCUT2D eigenvalue weighted by atomic mass is 16.7. The van der Waals surface area contributed by atoms with E-state index < -0.39 is 64.9 Å². The van der Waals surface area contributed by atoms with E-state index in [9.17, 15) is 29.7 Å². The first-order chi connectivity index (χ1) is 19.6. The second-order valence-electron chi connectivity index (χ2n) is 10.9. The average molecular weight is 570 g/mol. The molecule has 4 N–H and O–H groups in total. The molecule has 41 heavy (non-hydrogen) atoms. The molecular weight excluding hydrogens is 538 g/mol. The molecule has 2 aliphatic carbocycles. The number of phenols is 2. The zero-order chi connectivity index (χ0) is 29.2. The lowest BCUT2D eigenvalue weighted by atomic mass is 9.72. The average Bonchev–Trinajstić information content (AvgIpc) is 3.19. The molecule has 6 rings (SSSR count). The van der Waals surface area contributed by atoms with Gasteiger partial charge in [0.1, 0.15) is 35.7 Å². The van der Waals surface area contributed by atoms with Crippen molar-refractivity contribution in [1.82, 2.24) is 5.32 Å². The van der Waals surface area contributed by atoms with E-state index in [4.69, 9.17) is 23.7 Å². The normalized spacial score (nSPS) is 30.9. The second-order valence-corrected chi connectivity index (χ2v) is 10.9. The van der Waals surface area contributed by atoms with Gasteiger partial charge in [-0.05, 0) is 19.9 Å². The molecule has 218 valence electrons. The number of ketones is 3. The SMILES string of the molecule is COc1cccc2c1C(=O)c1c(O)c3c(c(O)c1C2=O)CC(O)(C(C)=O)CC3OC1CC2NCOCOC2C(C)O1. The summed E-state index contributed by atoms with van der Waals surface area (Å²) in [5, 5.41) is 37.6. The predicted octanol–water partition coefficient (Wildman–Crippen LogP) is 1.63. The molecule has 2 aliphatic heterocycles. The maximum absolute atomic E-state index is 13.8. The smallest absolute Gasteiger partial charge is 0.202 e. The zero-order valence-corrected chi connectivity index (χ0v) is 22.8. The summed E-state index contributed by atoms with van der Waals surface area (Å²) < 4.78 is 28.8. The number of hydrogen-bond donors (Lipinski definition) is 4. The molecule has 0 spiro atoms. The summed E-state index contributed by atoms with van der Waals surface area (Å²) in [4.78, 5) is 40.0. The van der Waals surface area contributed by atoms with Crippen LogP contribution in [0.4, 0.5) is 0 Å². The van der Waals surface area contributed by atoms with Crippen LogP contribution in [-0.4, -0.2) is 83.4 Å². The number of aromatic hydroxyl groups is 2. The van der Waals surface area contributed by atoms with E-state index in [1.165, 1.54) is 32.2 Å². The van der Waals surface area contributed by atoms with Crippen LogP contribution < -0.4 is 10.1 Å². The molecule has 12 nitrogen and oxygen atoms in total. The number of methoxy groups -OCH3 is 1. The fourth-order valence-electron chi connectivity index (χ4n) is 6.40. The molecule has 2 saturated heterocycles. The lowest BCUT2D eigenvalue weighted by Gasteiger charge is -2.43. The number of aliphatic hydroxyl groups is 1. The van der Waals surface area contributed by atoms with Gasteiger partial charge in [0.05, 0.1) is 42.7 Å². The van der Waals surface area contributed by atoms with Crippen LogP contribution in [0.5, 0.6) is 17.2 Å². The lowest BCUT2D eigenvalue weighted by molar-refractivity contribution is -0.257. The molecule has 2 aromatic carbocycles. The Kier molecular flexibility index (Phi) is 6.88. The first kappa shape index (κ1) is 27.8. The fourth-order valence-corrected chi connectivity index (χ4v) is 6.40. The summed E-state index contributed by atoms with van der Waals surface area (Å²) in [6.07, 6.45) is -3.15. The third-order valence-corrected chi connectivity index (χ3v) is 8.51. The summed E-state index contributed by atoms with van der Waals surface area (Å²) in [5.74, 6) is -3.01. The van der Waals surface area contributed by atoms with Crippen molar-refractivity contribution in [3.63, 3.8) is 0 Å². The van der Waals surface area contributed by atoms with Gasteiger partial charge in [-0.2, -0.15) is 0 Å². The highest BCUT2D eigenvalue weighted by Crippen LogP contribution is 2.52. The maximum atomic E-state index is 13.8. The van der Waals surface area contributed by atoms with Gasteiger partial charge >= 0.3 is 0 Å². The molecule has 0 radical (unpaired) electrons. The van der Waals surface area contributed by atoms with Crippen LogP contribution in [0, 0.1) is 0 Å². The molecule has 0 saturated carbocycles. The van der Waals surface area contributed by atoms with Crippen molar-refractivity contribution in [1.29, 1.82) is 0 Å². The van der Waals surface area contributed by atoms with Crippen LogP contribution >= 0.6 is 0 Å². The molecule has 6 unspecified atom stereocenters. The van der Waals surface area contributed by atoms with Gasteiger partial charge in [0.25, 0.3) is 0 Å². The van der Waals surface area contributed by atoms with Crippen LogP contribution in [0.1, 0.15) is 75.8 Å². The Balaban J connectivity index is 1.46. The van der Waals surface area contributed by atoms with Gasteiger partial charge < -0.3 is 39.0 Å². The van der Waals surface area contributed by atoms with Crippen LogP contribution in [0.15, 0.2) is 18.2 Å². The highest BCUT2D eigenvalue weighted by Gasteiger charge is 2.49. The number of hydrogen-bond acceptors (Lipinski definition) is 12. The summed E-state index contributed by atoms with van der Waals surface area (Å²) in [6, 6.07) is 4.29. The number of nitrogens with one attached hydrogen (secondary N) is 1. The minimum absolute atomic E-state index is 0.00295. The first-order valence-corrected chi connectivity index (χ1v) is 13.4. The van der Waals surface area contributed by atoms with Crippen molar-refractivity contribution in [2.24, 2.45) is 0 Å². The Hall–Kier alpha value is -3.39. The highest BCUT2D eigenvalue weighted by molar-refractivity contribution is 6.31. The van der Waals surface area contributed by atoms with Gasteiger partial charge in [0, 0.05) is 42.0 Å². The molecule has 2 fully saturated rings. The number of phenolic OH excluding ortho intramolecular Hbond substituents is 2. The van der Waals surface area contributed by atoms with Gasteiger partial charge in [0.2, 0.25) is 5.78 Å². The van der Waals surface area contributed by atoms with E-state index in [0.29, 0.717) is 6.42 Å².